The van der Waals surface area contributed by atoms with Gasteiger partial charge in [0.2, 0.25) is 0 Å². The summed E-state index contributed by atoms with van der Waals surface area (Å²) in [7, 11) is 1.61. The molecule has 7 heteroatoms. The van der Waals surface area contributed by atoms with Crippen LogP contribution < -0.4 is 5.32 Å². The number of rotatable bonds is 5. The van der Waals surface area contributed by atoms with Crippen molar-refractivity contribution >= 4 is 5.97 Å². The summed E-state index contributed by atoms with van der Waals surface area (Å²) < 4.78 is 6.68. The van der Waals surface area contributed by atoms with E-state index in [1.54, 1.807) is 11.8 Å². The summed E-state index contributed by atoms with van der Waals surface area (Å²) >= 11 is 0. The minimum absolute atomic E-state index is 0.0815. The Bertz CT molecular complexity index is 412. The summed E-state index contributed by atoms with van der Waals surface area (Å²) in [6.45, 7) is 2.84. The van der Waals surface area contributed by atoms with Gasteiger partial charge in [-0.3, -0.25) is 0 Å². The molecule has 1 aromatic rings. The number of ether oxygens (including phenoxy) is 1. The van der Waals surface area contributed by atoms with Gasteiger partial charge in [-0.05, 0) is 25.9 Å². The van der Waals surface area contributed by atoms with E-state index in [0.717, 1.165) is 31.6 Å². The molecule has 0 unspecified atom stereocenters. The minimum atomic E-state index is -1.01. The van der Waals surface area contributed by atoms with Crippen LogP contribution in [0, 0.1) is 0 Å². The van der Waals surface area contributed by atoms with E-state index in [0.29, 0.717) is 13.2 Å². The fraction of sp³-hybridized carbons (Fsp3) is 0.727. The molecule has 1 saturated heterocycles. The molecule has 0 radical (unpaired) electrons. The lowest BCUT2D eigenvalue weighted by Crippen LogP contribution is -2.29. The Balaban J connectivity index is 2.26. The van der Waals surface area contributed by atoms with Crippen molar-refractivity contribution in [3.63, 3.8) is 0 Å². The van der Waals surface area contributed by atoms with Crippen molar-refractivity contribution in [3.8, 4) is 0 Å². The van der Waals surface area contributed by atoms with Gasteiger partial charge in [0.1, 0.15) is 0 Å². The van der Waals surface area contributed by atoms with E-state index in [2.05, 4.69) is 15.6 Å². The summed E-state index contributed by atoms with van der Waals surface area (Å²) in [4.78, 5) is 11.2. The SMILES string of the molecule is COCCn1nnc(C(=O)O)c1C1CCNCC1. The van der Waals surface area contributed by atoms with E-state index >= 15 is 0 Å². The van der Waals surface area contributed by atoms with Crippen LogP contribution in [0.15, 0.2) is 0 Å². The third kappa shape index (κ3) is 2.68. The smallest absolute Gasteiger partial charge is 0.358 e. The van der Waals surface area contributed by atoms with Gasteiger partial charge in [0, 0.05) is 13.0 Å². The summed E-state index contributed by atoms with van der Waals surface area (Å²) in [5, 5.41) is 20.2. The highest BCUT2D eigenvalue weighted by molar-refractivity contribution is 5.86. The second-order valence-corrected chi connectivity index (χ2v) is 4.37. The van der Waals surface area contributed by atoms with E-state index in [9.17, 15) is 9.90 Å². The topological polar surface area (TPSA) is 89.3 Å². The fourth-order valence-corrected chi connectivity index (χ4v) is 2.32. The number of aromatic carboxylic acids is 1. The molecule has 7 nitrogen and oxygen atoms in total. The van der Waals surface area contributed by atoms with Crippen LogP contribution in [-0.4, -0.2) is 52.9 Å². The number of carboxylic acids is 1. The number of aromatic nitrogens is 3. The van der Waals surface area contributed by atoms with E-state index in [4.69, 9.17) is 4.74 Å². The first kappa shape index (κ1) is 13.0. The lowest BCUT2D eigenvalue weighted by molar-refractivity contribution is 0.0688. The predicted molar refractivity (Wildman–Crippen MR) is 63.7 cm³/mol. The largest absolute Gasteiger partial charge is 0.476 e. The summed E-state index contributed by atoms with van der Waals surface area (Å²) in [5.41, 5.74) is 0.819. The standard InChI is InChI=1S/C11H18N4O3/c1-18-7-6-15-10(8-2-4-12-5-3-8)9(11(16)17)13-14-15/h8,12H,2-7H2,1H3,(H,16,17). The van der Waals surface area contributed by atoms with Gasteiger partial charge in [-0.25, -0.2) is 9.48 Å². The molecular formula is C11H18N4O3. The Morgan fingerprint density at radius 3 is 2.89 bits per heavy atom. The van der Waals surface area contributed by atoms with Crippen molar-refractivity contribution in [1.29, 1.82) is 0 Å². The molecule has 1 fully saturated rings. The Kier molecular flexibility index (Phi) is 4.27. The highest BCUT2D eigenvalue weighted by Gasteiger charge is 2.27. The van der Waals surface area contributed by atoms with E-state index in [1.807, 2.05) is 0 Å². The third-order valence-corrected chi connectivity index (χ3v) is 3.21. The molecule has 2 heterocycles. The Morgan fingerprint density at radius 2 is 2.28 bits per heavy atom. The number of carboxylic acid groups (broad SMARTS) is 1. The first-order valence-electron chi connectivity index (χ1n) is 6.10. The Morgan fingerprint density at radius 1 is 1.56 bits per heavy atom. The summed E-state index contributed by atoms with van der Waals surface area (Å²) in [5.74, 6) is -0.795. The maximum Gasteiger partial charge on any atom is 0.358 e. The average Bonchev–Trinajstić information content (AvgIpc) is 2.81. The number of hydrogen-bond acceptors (Lipinski definition) is 5. The molecule has 0 aliphatic carbocycles. The average molecular weight is 254 g/mol. The zero-order chi connectivity index (χ0) is 13.0. The van der Waals surface area contributed by atoms with Gasteiger partial charge in [-0.2, -0.15) is 0 Å². The van der Waals surface area contributed by atoms with Crippen LogP contribution in [0.5, 0.6) is 0 Å². The highest BCUT2D eigenvalue weighted by atomic mass is 16.5. The summed E-state index contributed by atoms with van der Waals surface area (Å²) in [6.07, 6.45) is 1.83. The summed E-state index contributed by atoms with van der Waals surface area (Å²) in [6, 6.07) is 0. The van der Waals surface area contributed by atoms with Gasteiger partial charge in [-0.1, -0.05) is 5.21 Å². The molecule has 100 valence electrons. The molecular weight excluding hydrogens is 236 g/mol. The van der Waals surface area contributed by atoms with E-state index in [1.165, 1.54) is 0 Å². The third-order valence-electron chi connectivity index (χ3n) is 3.21. The predicted octanol–water partition coefficient (Wildman–Crippen LogP) is 0.0897. The molecule has 0 amide bonds. The normalized spacial score (nSPS) is 16.9. The zero-order valence-corrected chi connectivity index (χ0v) is 10.4. The van der Waals surface area contributed by atoms with Crippen LogP contribution >= 0.6 is 0 Å². The molecule has 2 N–H and O–H groups in total. The van der Waals surface area contributed by atoms with Crippen molar-refractivity contribution in [3.05, 3.63) is 11.4 Å². The van der Waals surface area contributed by atoms with Crippen LogP contribution in [0.1, 0.15) is 34.9 Å². The van der Waals surface area contributed by atoms with Crippen molar-refractivity contribution < 1.29 is 14.6 Å². The number of piperidine rings is 1. The number of nitrogens with zero attached hydrogens (tertiary/aromatic N) is 3. The molecule has 0 atom stereocenters. The van der Waals surface area contributed by atoms with Gasteiger partial charge in [0.05, 0.1) is 18.8 Å². The molecule has 0 saturated carbocycles. The number of carbonyl (C=O) groups is 1. The van der Waals surface area contributed by atoms with Crippen molar-refractivity contribution in [2.24, 2.45) is 0 Å². The lowest BCUT2D eigenvalue weighted by atomic mass is 9.93. The van der Waals surface area contributed by atoms with Crippen molar-refractivity contribution in [1.82, 2.24) is 20.3 Å². The Hall–Kier alpha value is -1.47. The van der Waals surface area contributed by atoms with E-state index < -0.39 is 5.97 Å². The van der Waals surface area contributed by atoms with Gasteiger partial charge < -0.3 is 15.2 Å². The van der Waals surface area contributed by atoms with Gasteiger partial charge in [0.25, 0.3) is 0 Å². The van der Waals surface area contributed by atoms with Gasteiger partial charge in [0.15, 0.2) is 5.69 Å². The van der Waals surface area contributed by atoms with Crippen LogP contribution in [-0.2, 0) is 11.3 Å². The molecule has 2 rings (SSSR count). The maximum absolute atomic E-state index is 11.2. The van der Waals surface area contributed by atoms with Gasteiger partial charge >= 0.3 is 5.97 Å². The lowest BCUT2D eigenvalue weighted by Gasteiger charge is -2.23. The van der Waals surface area contributed by atoms with Crippen molar-refractivity contribution in [2.45, 2.75) is 25.3 Å². The fourth-order valence-electron chi connectivity index (χ4n) is 2.32. The highest BCUT2D eigenvalue weighted by Crippen LogP contribution is 2.27. The first-order valence-corrected chi connectivity index (χ1v) is 6.10. The number of hydrogen-bond donors (Lipinski definition) is 2. The van der Waals surface area contributed by atoms with Crippen LogP contribution in [0.4, 0.5) is 0 Å². The quantitative estimate of drug-likeness (QED) is 0.774. The van der Waals surface area contributed by atoms with Crippen molar-refractivity contribution in [2.75, 3.05) is 26.8 Å². The first-order chi connectivity index (χ1) is 8.74. The molecule has 18 heavy (non-hydrogen) atoms. The molecule has 1 aliphatic heterocycles. The Labute approximate surface area is 105 Å². The van der Waals surface area contributed by atoms with E-state index in [-0.39, 0.29) is 11.6 Å². The minimum Gasteiger partial charge on any atom is -0.476 e. The molecule has 1 aliphatic rings. The molecule has 0 spiro atoms. The van der Waals surface area contributed by atoms with Crippen LogP contribution in [0.3, 0.4) is 0 Å². The molecule has 1 aromatic heterocycles. The molecule has 0 aromatic carbocycles. The number of nitrogens with one attached hydrogen (secondary N) is 1. The molecule has 0 bridgehead atoms. The second kappa shape index (κ2) is 5.92. The number of methoxy groups -OCH3 is 1. The van der Waals surface area contributed by atoms with Gasteiger partial charge in [-0.15, -0.1) is 5.10 Å². The zero-order valence-electron chi connectivity index (χ0n) is 10.4. The van der Waals surface area contributed by atoms with Crippen LogP contribution in [0.2, 0.25) is 0 Å². The monoisotopic (exact) mass is 254 g/mol. The second-order valence-electron chi connectivity index (χ2n) is 4.37. The van der Waals surface area contributed by atoms with Crippen LogP contribution in [0.25, 0.3) is 0 Å². The maximum atomic E-state index is 11.2.